The molecule has 2 aromatic heterocycles. The molecule has 2 heterocycles. The third kappa shape index (κ3) is 1.46. The first-order chi connectivity index (χ1) is 8.34. The number of allylic oxidation sites excluding steroid dienone is 1. The molecule has 0 aliphatic rings. The third-order valence-corrected chi connectivity index (χ3v) is 2.51. The van der Waals surface area contributed by atoms with Gasteiger partial charge in [-0.25, -0.2) is 15.4 Å². The minimum atomic E-state index is -0.400. The van der Waals surface area contributed by atoms with Crippen LogP contribution in [0.2, 0.25) is 0 Å². The predicted molar refractivity (Wildman–Crippen MR) is 65.7 cm³/mol. The number of hydrogen-bond donors (Lipinski definition) is 2. The van der Waals surface area contributed by atoms with Crippen molar-refractivity contribution in [2.45, 2.75) is 13.8 Å². The van der Waals surface area contributed by atoms with E-state index in [9.17, 15) is 10.4 Å². The van der Waals surface area contributed by atoms with Crippen molar-refractivity contribution < 1.29 is 9.46 Å². The average molecular weight is 248 g/mol. The molecule has 2 rings (SSSR count). The first kappa shape index (κ1) is 11.8. The molecule has 0 fully saturated rings. The number of nitrogen functional groups attached to an aromatic ring is 2. The summed E-state index contributed by atoms with van der Waals surface area (Å²) in [4.78, 5) is 7.74. The van der Waals surface area contributed by atoms with Crippen molar-refractivity contribution >= 4 is 28.5 Å². The maximum Gasteiger partial charge on any atom is 0.490 e. The third-order valence-electron chi connectivity index (χ3n) is 2.51. The van der Waals surface area contributed by atoms with Gasteiger partial charge in [0, 0.05) is 4.98 Å². The largest absolute Gasteiger partial charge is 0.710 e. The molecule has 0 bridgehead atoms. The van der Waals surface area contributed by atoms with Gasteiger partial charge in [0.05, 0.1) is 5.69 Å². The van der Waals surface area contributed by atoms with E-state index in [0.29, 0.717) is 16.0 Å². The molecule has 4 N–H and O–H groups in total. The van der Waals surface area contributed by atoms with Crippen molar-refractivity contribution in [2.24, 2.45) is 0 Å². The van der Waals surface area contributed by atoms with Crippen molar-refractivity contribution in [3.8, 4) is 0 Å². The van der Waals surface area contributed by atoms with E-state index in [1.807, 2.05) is 0 Å². The SMILES string of the molecule is C=C(C)c1c(C)nc2c(N)nc(N)[n+]([O-])c2[n+]1[O-]. The second kappa shape index (κ2) is 3.69. The fraction of sp³-hybridized carbons (Fsp3) is 0.200. The molecule has 0 amide bonds. The minimum Gasteiger partial charge on any atom is -0.710 e. The van der Waals surface area contributed by atoms with E-state index < -0.39 is 5.95 Å². The van der Waals surface area contributed by atoms with E-state index >= 15 is 0 Å². The van der Waals surface area contributed by atoms with Gasteiger partial charge in [0.15, 0.2) is 5.69 Å². The zero-order valence-corrected chi connectivity index (χ0v) is 9.97. The topological polar surface area (TPSA) is 132 Å². The molecule has 0 unspecified atom stereocenters. The number of nitrogens with two attached hydrogens (primary N) is 2. The van der Waals surface area contributed by atoms with Crippen molar-refractivity contribution in [3.05, 3.63) is 28.4 Å². The van der Waals surface area contributed by atoms with Crippen LogP contribution >= 0.6 is 0 Å². The van der Waals surface area contributed by atoms with Crippen LogP contribution in [0.15, 0.2) is 6.58 Å². The monoisotopic (exact) mass is 248 g/mol. The van der Waals surface area contributed by atoms with Crippen LogP contribution in [0.3, 0.4) is 0 Å². The molecule has 18 heavy (non-hydrogen) atoms. The molecular formula is C10H12N6O2. The highest BCUT2D eigenvalue weighted by atomic mass is 16.5. The van der Waals surface area contributed by atoms with Gasteiger partial charge in [-0.3, -0.25) is 0 Å². The van der Waals surface area contributed by atoms with Gasteiger partial charge in [-0.1, -0.05) is 6.58 Å². The molecule has 0 radical (unpaired) electrons. The fourth-order valence-corrected chi connectivity index (χ4v) is 1.78. The van der Waals surface area contributed by atoms with Crippen LogP contribution in [0.1, 0.15) is 18.3 Å². The smallest absolute Gasteiger partial charge is 0.490 e. The van der Waals surface area contributed by atoms with Gasteiger partial charge < -0.3 is 16.1 Å². The summed E-state index contributed by atoms with van der Waals surface area (Å²) in [5.74, 6) is -0.460. The molecule has 8 heteroatoms. The Balaban J connectivity index is 3.06. The summed E-state index contributed by atoms with van der Waals surface area (Å²) >= 11 is 0. The van der Waals surface area contributed by atoms with Crippen LogP contribution in [0.25, 0.3) is 16.7 Å². The van der Waals surface area contributed by atoms with Gasteiger partial charge in [0.2, 0.25) is 5.52 Å². The van der Waals surface area contributed by atoms with E-state index in [0.717, 1.165) is 0 Å². The summed E-state index contributed by atoms with van der Waals surface area (Å²) in [5.41, 5.74) is 11.9. The second-order valence-electron chi connectivity index (χ2n) is 3.94. The number of rotatable bonds is 1. The van der Waals surface area contributed by atoms with Crippen LogP contribution in [-0.4, -0.2) is 9.97 Å². The summed E-state index contributed by atoms with van der Waals surface area (Å²) in [6.07, 6.45) is 0. The number of aromatic nitrogens is 4. The van der Waals surface area contributed by atoms with Gasteiger partial charge in [-0.2, -0.15) is 4.73 Å². The summed E-state index contributed by atoms with van der Waals surface area (Å²) in [7, 11) is 0. The quantitative estimate of drug-likeness (QED) is 0.511. The van der Waals surface area contributed by atoms with Crippen molar-refractivity contribution in [1.82, 2.24) is 9.97 Å². The van der Waals surface area contributed by atoms with E-state index in [2.05, 4.69) is 16.5 Å². The molecule has 0 saturated carbocycles. The summed E-state index contributed by atoms with van der Waals surface area (Å²) in [6.45, 7) is 6.95. The summed E-state index contributed by atoms with van der Waals surface area (Å²) in [6, 6.07) is 0. The Hall–Kier alpha value is -2.64. The number of fused-ring (bicyclic) bond motifs is 1. The maximum atomic E-state index is 12.2. The molecule has 2 aromatic rings. The Morgan fingerprint density at radius 3 is 2.39 bits per heavy atom. The number of nitrogens with zero attached hydrogens (tertiary/aromatic N) is 4. The molecule has 0 aromatic carbocycles. The van der Waals surface area contributed by atoms with Gasteiger partial charge in [0.1, 0.15) is 0 Å². The number of anilines is 2. The normalized spacial score (nSPS) is 10.8. The van der Waals surface area contributed by atoms with E-state index in [4.69, 9.17) is 11.5 Å². The zero-order chi connectivity index (χ0) is 13.6. The van der Waals surface area contributed by atoms with Crippen molar-refractivity contribution in [3.63, 3.8) is 0 Å². The van der Waals surface area contributed by atoms with Gasteiger partial charge >= 0.3 is 11.6 Å². The maximum absolute atomic E-state index is 12.2. The molecule has 0 aliphatic carbocycles. The van der Waals surface area contributed by atoms with Gasteiger partial charge in [0.25, 0.3) is 5.82 Å². The molecule has 0 atom stereocenters. The highest BCUT2D eigenvalue weighted by Crippen LogP contribution is 2.17. The van der Waals surface area contributed by atoms with E-state index in [1.165, 1.54) is 0 Å². The zero-order valence-electron chi connectivity index (χ0n) is 9.97. The number of hydrogen-bond acceptors (Lipinski definition) is 6. The Kier molecular flexibility index (Phi) is 2.43. The lowest BCUT2D eigenvalue weighted by Gasteiger charge is -2.16. The van der Waals surface area contributed by atoms with Crippen molar-refractivity contribution in [2.75, 3.05) is 11.5 Å². The molecule has 0 saturated heterocycles. The first-order valence-electron chi connectivity index (χ1n) is 5.08. The van der Waals surface area contributed by atoms with Crippen LogP contribution < -0.4 is 20.9 Å². The van der Waals surface area contributed by atoms with Gasteiger partial charge in [-0.15, -0.1) is 0 Å². The fourth-order valence-electron chi connectivity index (χ4n) is 1.78. The highest BCUT2D eigenvalue weighted by molar-refractivity contribution is 5.78. The van der Waals surface area contributed by atoms with Crippen LogP contribution in [0.4, 0.5) is 11.8 Å². The van der Waals surface area contributed by atoms with E-state index in [-0.39, 0.29) is 27.4 Å². The predicted octanol–water partition coefficient (Wildman–Crippen LogP) is -0.597. The summed E-state index contributed by atoms with van der Waals surface area (Å²) < 4.78 is 0.638. The minimum absolute atomic E-state index is 0.0247. The Morgan fingerprint density at radius 1 is 1.22 bits per heavy atom. The second-order valence-corrected chi connectivity index (χ2v) is 3.94. The van der Waals surface area contributed by atoms with Gasteiger partial charge in [-0.05, 0) is 19.4 Å². The van der Waals surface area contributed by atoms with Crippen LogP contribution in [-0.2, 0) is 0 Å². The lowest BCUT2D eigenvalue weighted by atomic mass is 10.2. The molecule has 94 valence electrons. The van der Waals surface area contributed by atoms with Crippen LogP contribution in [0.5, 0.6) is 0 Å². The highest BCUT2D eigenvalue weighted by Gasteiger charge is 2.24. The lowest BCUT2D eigenvalue weighted by molar-refractivity contribution is -0.687. The Labute approximate surface area is 102 Å². The molecular weight excluding hydrogens is 236 g/mol. The Bertz CT molecular complexity index is 682. The van der Waals surface area contributed by atoms with Crippen molar-refractivity contribution in [1.29, 1.82) is 0 Å². The summed E-state index contributed by atoms with van der Waals surface area (Å²) in [5, 5.41) is 23.9. The van der Waals surface area contributed by atoms with Crippen LogP contribution in [0, 0.1) is 17.3 Å². The lowest BCUT2D eigenvalue weighted by Crippen LogP contribution is -2.47. The molecule has 0 aliphatic heterocycles. The van der Waals surface area contributed by atoms with E-state index in [1.54, 1.807) is 13.8 Å². The average Bonchev–Trinajstić information content (AvgIpc) is 2.25. The standard InChI is InChI=1S/C10H12N6O2/c1-4(2)7-5(3)13-6-8(11)14-10(12)16(18)9(6)15(7)17/h1H2,2-3H3,(H4,11,12,14). The molecule has 8 nitrogen and oxygen atoms in total. The molecule has 0 spiro atoms. The number of aryl methyl sites for hydroxylation is 1. The Morgan fingerprint density at radius 2 is 1.83 bits per heavy atom. The first-order valence-corrected chi connectivity index (χ1v) is 5.08.